The maximum atomic E-state index is 5.56. The van der Waals surface area contributed by atoms with Crippen molar-refractivity contribution in [2.45, 2.75) is 25.9 Å². The first-order chi connectivity index (χ1) is 4.38. The molecule has 1 saturated carbocycles. The van der Waals surface area contributed by atoms with Crippen molar-refractivity contribution in [1.82, 2.24) is 0 Å². The minimum atomic E-state index is 0.597. The third kappa shape index (κ3) is 0.787. The van der Waals surface area contributed by atoms with Gasteiger partial charge in [-0.25, -0.2) is 0 Å². The summed E-state index contributed by atoms with van der Waals surface area (Å²) in [5, 5.41) is 0. The minimum Gasteiger partial charge on any atom is -0.378 e. The molecule has 0 bridgehead atoms. The zero-order valence-corrected chi connectivity index (χ0v) is 5.84. The number of hydrogen-bond acceptors (Lipinski definition) is 1. The summed E-state index contributed by atoms with van der Waals surface area (Å²) < 4.78 is 5.56. The van der Waals surface area contributed by atoms with Gasteiger partial charge in [-0.05, 0) is 31.1 Å². The van der Waals surface area contributed by atoms with Crippen LogP contribution in [0.4, 0.5) is 0 Å². The molecule has 0 N–H and O–H groups in total. The third-order valence-electron chi connectivity index (χ3n) is 2.62. The Morgan fingerprint density at radius 3 is 3.11 bits per heavy atom. The predicted octanol–water partition coefficient (Wildman–Crippen LogP) is 1.64. The highest BCUT2D eigenvalue weighted by molar-refractivity contribution is 4.94. The molecular formula is C8H13O. The molecule has 0 spiro atoms. The van der Waals surface area contributed by atoms with E-state index in [1.165, 1.54) is 12.8 Å². The van der Waals surface area contributed by atoms with Gasteiger partial charge in [0, 0.05) is 6.61 Å². The molecular weight excluding hydrogens is 112 g/mol. The summed E-state index contributed by atoms with van der Waals surface area (Å²) in [6.45, 7) is 3.30. The minimum absolute atomic E-state index is 0.597. The van der Waals surface area contributed by atoms with Crippen LogP contribution in [-0.2, 0) is 4.74 Å². The molecule has 0 aromatic carbocycles. The van der Waals surface area contributed by atoms with Crippen molar-refractivity contribution in [3.63, 3.8) is 0 Å². The van der Waals surface area contributed by atoms with Gasteiger partial charge in [-0.2, -0.15) is 0 Å². The molecule has 2 rings (SSSR count). The van der Waals surface area contributed by atoms with Crippen LogP contribution in [0.5, 0.6) is 0 Å². The summed E-state index contributed by atoms with van der Waals surface area (Å²) in [7, 11) is 0. The Hall–Kier alpha value is -0.0400. The normalized spacial score (nSPS) is 49.7. The molecule has 3 atom stereocenters. The quantitative estimate of drug-likeness (QED) is 0.478. The largest absolute Gasteiger partial charge is 0.378 e. The second-order valence-electron chi connectivity index (χ2n) is 3.27. The fraction of sp³-hybridized carbons (Fsp3) is 0.875. The Labute approximate surface area is 56.4 Å². The molecule has 1 saturated heterocycles. The first-order valence-electron chi connectivity index (χ1n) is 3.81. The number of hydrogen-bond donors (Lipinski definition) is 0. The number of fused-ring (bicyclic) bond motifs is 1. The highest BCUT2D eigenvalue weighted by Crippen LogP contribution is 2.38. The highest BCUT2D eigenvalue weighted by Gasteiger charge is 2.37. The lowest BCUT2D eigenvalue weighted by Gasteiger charge is -2.08. The molecule has 0 aromatic heterocycles. The lowest BCUT2D eigenvalue weighted by molar-refractivity contribution is 0.103. The van der Waals surface area contributed by atoms with Gasteiger partial charge in [-0.1, -0.05) is 6.92 Å². The standard InChI is InChI=1S/C8H13O/c1-6-5-9-8-4-2-3-7(6)8/h2,6-8H,3-5H2,1H3/t6-,7-,8-/m1/s1. The third-order valence-corrected chi connectivity index (χ3v) is 2.62. The Bertz CT molecular complexity index is 111. The molecule has 2 aliphatic rings. The van der Waals surface area contributed by atoms with Gasteiger partial charge in [-0.3, -0.25) is 0 Å². The Balaban J connectivity index is 2.07. The van der Waals surface area contributed by atoms with Crippen LogP contribution in [0.1, 0.15) is 19.8 Å². The molecule has 0 amide bonds. The first-order valence-corrected chi connectivity index (χ1v) is 3.81. The van der Waals surface area contributed by atoms with Crippen LogP contribution in [-0.4, -0.2) is 12.7 Å². The molecule has 9 heavy (non-hydrogen) atoms. The van der Waals surface area contributed by atoms with Gasteiger partial charge < -0.3 is 4.74 Å². The predicted molar refractivity (Wildman–Crippen MR) is 35.9 cm³/mol. The van der Waals surface area contributed by atoms with Gasteiger partial charge in [0.2, 0.25) is 0 Å². The average Bonchev–Trinajstić information content (AvgIpc) is 2.35. The van der Waals surface area contributed by atoms with E-state index in [0.29, 0.717) is 6.10 Å². The van der Waals surface area contributed by atoms with Crippen LogP contribution < -0.4 is 0 Å². The van der Waals surface area contributed by atoms with E-state index in [-0.39, 0.29) is 0 Å². The van der Waals surface area contributed by atoms with Crippen LogP contribution in [0.3, 0.4) is 0 Å². The van der Waals surface area contributed by atoms with Crippen molar-refractivity contribution in [3.8, 4) is 0 Å². The van der Waals surface area contributed by atoms with Crippen LogP contribution in [0, 0.1) is 18.3 Å². The summed E-state index contributed by atoms with van der Waals surface area (Å²) in [6.07, 6.45) is 5.46. The Morgan fingerprint density at radius 2 is 2.33 bits per heavy atom. The molecule has 1 aliphatic carbocycles. The SMILES string of the molecule is C[C@@H]1CO[C@@H]2C[CH]C[C@H]12. The van der Waals surface area contributed by atoms with Crippen molar-refractivity contribution < 1.29 is 4.74 Å². The molecule has 1 heteroatoms. The molecule has 0 aromatic rings. The van der Waals surface area contributed by atoms with E-state index < -0.39 is 0 Å². The summed E-state index contributed by atoms with van der Waals surface area (Å²) in [5.41, 5.74) is 0. The molecule has 0 unspecified atom stereocenters. The van der Waals surface area contributed by atoms with Gasteiger partial charge in [0.05, 0.1) is 6.10 Å². The zero-order valence-electron chi connectivity index (χ0n) is 5.84. The summed E-state index contributed by atoms with van der Waals surface area (Å²) in [5.74, 6) is 1.68. The monoisotopic (exact) mass is 125 g/mol. The molecule has 1 radical (unpaired) electrons. The van der Waals surface area contributed by atoms with E-state index in [1.54, 1.807) is 0 Å². The van der Waals surface area contributed by atoms with Crippen molar-refractivity contribution in [1.29, 1.82) is 0 Å². The summed E-state index contributed by atoms with van der Waals surface area (Å²) in [6, 6.07) is 0. The van der Waals surface area contributed by atoms with E-state index in [9.17, 15) is 0 Å². The van der Waals surface area contributed by atoms with Crippen molar-refractivity contribution in [2.75, 3.05) is 6.61 Å². The molecule has 51 valence electrons. The van der Waals surface area contributed by atoms with E-state index in [4.69, 9.17) is 4.74 Å². The second kappa shape index (κ2) is 1.98. The number of rotatable bonds is 0. The van der Waals surface area contributed by atoms with Crippen LogP contribution in [0.2, 0.25) is 0 Å². The van der Waals surface area contributed by atoms with E-state index >= 15 is 0 Å². The average molecular weight is 125 g/mol. The van der Waals surface area contributed by atoms with Crippen molar-refractivity contribution >= 4 is 0 Å². The Kier molecular flexibility index (Phi) is 1.26. The maximum Gasteiger partial charge on any atom is 0.0609 e. The van der Waals surface area contributed by atoms with Gasteiger partial charge >= 0.3 is 0 Å². The molecule has 2 fully saturated rings. The lowest BCUT2D eigenvalue weighted by atomic mass is 9.95. The van der Waals surface area contributed by atoms with Crippen LogP contribution >= 0.6 is 0 Å². The van der Waals surface area contributed by atoms with Gasteiger partial charge in [0.1, 0.15) is 0 Å². The smallest absolute Gasteiger partial charge is 0.0609 e. The fourth-order valence-electron chi connectivity index (χ4n) is 1.97. The molecule has 1 aliphatic heterocycles. The van der Waals surface area contributed by atoms with Gasteiger partial charge in [-0.15, -0.1) is 0 Å². The van der Waals surface area contributed by atoms with E-state index in [2.05, 4.69) is 13.3 Å². The van der Waals surface area contributed by atoms with Crippen molar-refractivity contribution in [2.24, 2.45) is 11.8 Å². The summed E-state index contributed by atoms with van der Waals surface area (Å²) >= 11 is 0. The lowest BCUT2D eigenvalue weighted by Crippen LogP contribution is -2.10. The first kappa shape index (κ1) is 5.72. The molecule has 1 nitrogen and oxygen atoms in total. The van der Waals surface area contributed by atoms with Crippen LogP contribution in [0.15, 0.2) is 0 Å². The second-order valence-corrected chi connectivity index (χ2v) is 3.27. The fourth-order valence-corrected chi connectivity index (χ4v) is 1.97. The zero-order chi connectivity index (χ0) is 6.27. The topological polar surface area (TPSA) is 9.23 Å². The van der Waals surface area contributed by atoms with E-state index in [0.717, 1.165) is 18.4 Å². The van der Waals surface area contributed by atoms with Crippen LogP contribution in [0.25, 0.3) is 0 Å². The maximum absolute atomic E-state index is 5.56. The van der Waals surface area contributed by atoms with E-state index in [1.807, 2.05) is 0 Å². The van der Waals surface area contributed by atoms with Gasteiger partial charge in [0.25, 0.3) is 0 Å². The number of ether oxygens (including phenoxy) is 1. The van der Waals surface area contributed by atoms with Crippen molar-refractivity contribution in [3.05, 3.63) is 6.42 Å². The highest BCUT2D eigenvalue weighted by atomic mass is 16.5. The molecule has 1 heterocycles. The van der Waals surface area contributed by atoms with Gasteiger partial charge in [0.15, 0.2) is 0 Å². The summed E-state index contributed by atoms with van der Waals surface area (Å²) in [4.78, 5) is 0. The Morgan fingerprint density at radius 1 is 1.44 bits per heavy atom.